The van der Waals surface area contributed by atoms with Crippen molar-refractivity contribution in [1.82, 2.24) is 9.59 Å². The summed E-state index contributed by atoms with van der Waals surface area (Å²) in [5, 5.41) is 5.81. The maximum absolute atomic E-state index is 11.4. The minimum Gasteiger partial charge on any atom is -0.462 e. The van der Waals surface area contributed by atoms with Crippen LogP contribution in [0.4, 0.5) is 0 Å². The Balaban J connectivity index is 2.20. The topological polar surface area (TPSA) is 52.1 Å². The van der Waals surface area contributed by atoms with Gasteiger partial charge in [-0.2, -0.15) is 0 Å². The summed E-state index contributed by atoms with van der Waals surface area (Å²) in [6.07, 6.45) is 0. The van der Waals surface area contributed by atoms with E-state index >= 15 is 0 Å². The van der Waals surface area contributed by atoms with Crippen LogP contribution in [0.2, 0.25) is 0 Å². The van der Waals surface area contributed by atoms with Gasteiger partial charge in [0.1, 0.15) is 5.69 Å². The first-order chi connectivity index (χ1) is 7.81. The summed E-state index contributed by atoms with van der Waals surface area (Å²) in [4.78, 5) is 11.4. The Hall–Kier alpha value is -1.75. The number of ether oxygens (including phenoxy) is 1. The summed E-state index contributed by atoms with van der Waals surface area (Å²) in [7, 11) is 0. The quantitative estimate of drug-likeness (QED) is 0.765. The highest BCUT2D eigenvalue weighted by Gasteiger charge is 2.07. The molecular weight excluding hydrogens is 224 g/mol. The zero-order valence-corrected chi connectivity index (χ0v) is 9.53. The summed E-state index contributed by atoms with van der Waals surface area (Å²) in [5.74, 6) is -0.301. The van der Waals surface area contributed by atoms with Gasteiger partial charge in [0.05, 0.1) is 12.2 Å². The molecule has 5 heteroatoms. The Morgan fingerprint density at radius 3 is 2.69 bits per heavy atom. The number of benzene rings is 1. The summed E-state index contributed by atoms with van der Waals surface area (Å²) in [5.41, 5.74) is 2.32. The van der Waals surface area contributed by atoms with Crippen LogP contribution in [0.3, 0.4) is 0 Å². The second-order valence-electron chi connectivity index (χ2n) is 3.09. The number of hydrogen-bond acceptors (Lipinski definition) is 5. The first-order valence-corrected chi connectivity index (χ1v) is 5.69. The van der Waals surface area contributed by atoms with Gasteiger partial charge in [0.15, 0.2) is 0 Å². The van der Waals surface area contributed by atoms with E-state index in [4.69, 9.17) is 4.74 Å². The van der Waals surface area contributed by atoms with Crippen molar-refractivity contribution in [2.45, 2.75) is 6.92 Å². The van der Waals surface area contributed by atoms with E-state index in [2.05, 4.69) is 9.59 Å². The normalized spacial score (nSPS) is 10.1. The SMILES string of the molecule is CCOC(=O)c1ccc(-c2csnn2)cc1. The number of aromatic nitrogens is 2. The van der Waals surface area contributed by atoms with E-state index in [0.717, 1.165) is 11.3 Å². The molecule has 0 bridgehead atoms. The van der Waals surface area contributed by atoms with Gasteiger partial charge in [0, 0.05) is 10.9 Å². The third-order valence-electron chi connectivity index (χ3n) is 2.05. The van der Waals surface area contributed by atoms with Gasteiger partial charge >= 0.3 is 5.97 Å². The van der Waals surface area contributed by atoms with Crippen molar-refractivity contribution in [3.8, 4) is 11.3 Å². The van der Waals surface area contributed by atoms with Gasteiger partial charge in [-0.05, 0) is 30.6 Å². The molecule has 0 aliphatic carbocycles. The van der Waals surface area contributed by atoms with Crippen LogP contribution in [0.1, 0.15) is 17.3 Å². The molecule has 2 aromatic rings. The van der Waals surface area contributed by atoms with Crippen LogP contribution in [0.5, 0.6) is 0 Å². The zero-order chi connectivity index (χ0) is 11.4. The van der Waals surface area contributed by atoms with Gasteiger partial charge in [-0.25, -0.2) is 4.79 Å². The molecule has 0 aliphatic heterocycles. The van der Waals surface area contributed by atoms with Crippen molar-refractivity contribution in [3.05, 3.63) is 35.2 Å². The molecule has 0 amide bonds. The lowest BCUT2D eigenvalue weighted by Crippen LogP contribution is -2.03. The van der Waals surface area contributed by atoms with E-state index in [1.165, 1.54) is 11.5 Å². The summed E-state index contributed by atoms with van der Waals surface area (Å²) in [6, 6.07) is 7.13. The predicted molar refractivity (Wildman–Crippen MR) is 61.3 cm³/mol. The Bertz CT molecular complexity index is 465. The van der Waals surface area contributed by atoms with Crippen LogP contribution in [-0.4, -0.2) is 22.2 Å². The van der Waals surface area contributed by atoms with E-state index in [-0.39, 0.29) is 5.97 Å². The monoisotopic (exact) mass is 234 g/mol. The van der Waals surface area contributed by atoms with Crippen LogP contribution in [0, 0.1) is 0 Å². The maximum Gasteiger partial charge on any atom is 0.338 e. The minimum atomic E-state index is -0.301. The number of rotatable bonds is 3. The number of esters is 1. The molecule has 0 fully saturated rings. The van der Waals surface area contributed by atoms with Crippen LogP contribution in [-0.2, 0) is 4.74 Å². The van der Waals surface area contributed by atoms with Crippen molar-refractivity contribution in [2.24, 2.45) is 0 Å². The Morgan fingerprint density at radius 2 is 2.12 bits per heavy atom. The van der Waals surface area contributed by atoms with Gasteiger partial charge in [-0.3, -0.25) is 0 Å². The molecule has 0 spiro atoms. The molecular formula is C11H10N2O2S. The molecule has 1 heterocycles. The van der Waals surface area contributed by atoms with Crippen molar-refractivity contribution in [3.63, 3.8) is 0 Å². The van der Waals surface area contributed by atoms with E-state index < -0.39 is 0 Å². The fourth-order valence-electron chi connectivity index (χ4n) is 1.28. The van der Waals surface area contributed by atoms with Gasteiger partial charge < -0.3 is 4.74 Å². The van der Waals surface area contributed by atoms with Crippen LogP contribution in [0.15, 0.2) is 29.6 Å². The summed E-state index contributed by atoms with van der Waals surface area (Å²) >= 11 is 1.30. The molecule has 1 aromatic carbocycles. The molecule has 16 heavy (non-hydrogen) atoms. The first-order valence-electron chi connectivity index (χ1n) is 4.86. The zero-order valence-electron chi connectivity index (χ0n) is 8.71. The van der Waals surface area contributed by atoms with Crippen LogP contribution < -0.4 is 0 Å². The lowest BCUT2D eigenvalue weighted by Gasteiger charge is -2.02. The fourth-order valence-corrected chi connectivity index (χ4v) is 1.75. The molecule has 4 nitrogen and oxygen atoms in total. The van der Waals surface area contributed by atoms with E-state index in [1.807, 2.05) is 17.5 Å². The third-order valence-corrected chi connectivity index (χ3v) is 2.56. The van der Waals surface area contributed by atoms with Crippen molar-refractivity contribution in [2.75, 3.05) is 6.61 Å². The molecule has 0 N–H and O–H groups in total. The minimum absolute atomic E-state index is 0.301. The fraction of sp³-hybridized carbons (Fsp3) is 0.182. The number of nitrogens with zero attached hydrogens (tertiary/aromatic N) is 2. The number of hydrogen-bond donors (Lipinski definition) is 0. The van der Waals surface area contributed by atoms with Gasteiger partial charge in [0.2, 0.25) is 0 Å². The molecule has 0 saturated heterocycles. The van der Waals surface area contributed by atoms with E-state index in [1.54, 1.807) is 19.1 Å². The van der Waals surface area contributed by atoms with Crippen LogP contribution >= 0.6 is 11.5 Å². The third kappa shape index (κ3) is 2.25. The second kappa shape index (κ2) is 4.85. The molecule has 0 saturated carbocycles. The van der Waals surface area contributed by atoms with E-state index in [9.17, 15) is 4.79 Å². The molecule has 0 radical (unpaired) electrons. The smallest absolute Gasteiger partial charge is 0.338 e. The number of carbonyl (C=O) groups excluding carboxylic acids is 1. The van der Waals surface area contributed by atoms with Crippen molar-refractivity contribution >= 4 is 17.5 Å². The maximum atomic E-state index is 11.4. The molecule has 0 atom stereocenters. The highest BCUT2D eigenvalue weighted by molar-refractivity contribution is 7.03. The van der Waals surface area contributed by atoms with Gasteiger partial charge in [-0.15, -0.1) is 5.10 Å². The molecule has 82 valence electrons. The Morgan fingerprint density at radius 1 is 1.38 bits per heavy atom. The molecule has 2 rings (SSSR count). The van der Waals surface area contributed by atoms with Crippen molar-refractivity contribution in [1.29, 1.82) is 0 Å². The Labute approximate surface area is 97.0 Å². The van der Waals surface area contributed by atoms with Crippen LogP contribution in [0.25, 0.3) is 11.3 Å². The largest absolute Gasteiger partial charge is 0.462 e. The van der Waals surface area contributed by atoms with Crippen molar-refractivity contribution < 1.29 is 9.53 Å². The average molecular weight is 234 g/mol. The summed E-state index contributed by atoms with van der Waals surface area (Å²) < 4.78 is 8.68. The van der Waals surface area contributed by atoms with Gasteiger partial charge in [-0.1, -0.05) is 16.6 Å². The van der Waals surface area contributed by atoms with Gasteiger partial charge in [0.25, 0.3) is 0 Å². The highest BCUT2D eigenvalue weighted by atomic mass is 32.1. The van der Waals surface area contributed by atoms with E-state index in [0.29, 0.717) is 12.2 Å². The standard InChI is InChI=1S/C11H10N2O2S/c1-2-15-11(14)9-5-3-8(4-6-9)10-7-16-13-12-10/h3-7H,2H2,1H3. The predicted octanol–water partition coefficient (Wildman–Crippen LogP) is 2.38. The average Bonchev–Trinajstić information content (AvgIpc) is 2.83. The lowest BCUT2D eigenvalue weighted by atomic mass is 10.1. The highest BCUT2D eigenvalue weighted by Crippen LogP contribution is 2.18. The Kier molecular flexibility index (Phi) is 3.26. The molecule has 1 aromatic heterocycles. The molecule has 0 unspecified atom stereocenters. The number of carbonyl (C=O) groups is 1. The first kappa shape index (κ1) is 10.8. The second-order valence-corrected chi connectivity index (χ2v) is 3.70. The molecule has 0 aliphatic rings. The summed E-state index contributed by atoms with van der Waals surface area (Å²) in [6.45, 7) is 2.17. The lowest BCUT2D eigenvalue weighted by molar-refractivity contribution is 0.0526.